The van der Waals surface area contributed by atoms with Gasteiger partial charge in [-0.3, -0.25) is 9.69 Å². The number of benzene rings is 2. The van der Waals surface area contributed by atoms with E-state index >= 15 is 0 Å². The van der Waals surface area contributed by atoms with Crippen molar-refractivity contribution in [2.24, 2.45) is 0 Å². The number of ether oxygens (including phenoxy) is 3. The largest absolute Gasteiger partial charge is 0.493 e. The van der Waals surface area contributed by atoms with Crippen LogP contribution < -0.4 is 24.8 Å². The number of methoxy groups -OCH3 is 3. The summed E-state index contributed by atoms with van der Waals surface area (Å²) in [5.74, 6) is 1.93. The summed E-state index contributed by atoms with van der Waals surface area (Å²) in [4.78, 5) is 20.6. The molecule has 1 amide bonds. The maximum absolute atomic E-state index is 13.3. The van der Waals surface area contributed by atoms with E-state index in [4.69, 9.17) is 19.2 Å². The van der Waals surface area contributed by atoms with Gasteiger partial charge in [0.1, 0.15) is 0 Å². The van der Waals surface area contributed by atoms with Crippen LogP contribution in [0.5, 0.6) is 17.2 Å². The molecule has 10 heteroatoms. The van der Waals surface area contributed by atoms with E-state index in [-0.39, 0.29) is 11.9 Å². The van der Waals surface area contributed by atoms with Crippen LogP contribution in [0.4, 0.5) is 5.69 Å². The molecule has 1 unspecified atom stereocenters. The van der Waals surface area contributed by atoms with E-state index in [1.54, 1.807) is 23.9 Å². The number of thioether (sulfide) groups is 1. The summed E-state index contributed by atoms with van der Waals surface area (Å²) >= 11 is 1.75. The summed E-state index contributed by atoms with van der Waals surface area (Å²) in [7, 11) is 4.60. The lowest BCUT2D eigenvalue weighted by Gasteiger charge is -2.26. The minimum Gasteiger partial charge on any atom is -0.493 e. The topological polar surface area (TPSA) is 89.9 Å². The SMILES string of the molecule is COc1cc(C(=O)Nc2ccccc2C2CSc3nc(CN4CCNCC4)cn32)cc(OC)c1OC. The molecule has 5 rings (SSSR count). The fraction of sp³-hybridized carbons (Fsp3) is 0.385. The third-order valence-corrected chi connectivity index (χ3v) is 7.59. The quantitative estimate of drug-likeness (QED) is 0.478. The lowest BCUT2D eigenvalue weighted by atomic mass is 10.0. The fourth-order valence-electron chi connectivity index (χ4n) is 4.71. The van der Waals surface area contributed by atoms with Gasteiger partial charge in [0.05, 0.1) is 33.1 Å². The summed E-state index contributed by atoms with van der Waals surface area (Å²) in [6.07, 6.45) is 2.17. The van der Waals surface area contributed by atoms with Crippen LogP contribution in [0.1, 0.15) is 27.7 Å². The van der Waals surface area contributed by atoms with E-state index in [1.807, 2.05) is 18.2 Å². The molecule has 2 aliphatic heterocycles. The molecule has 2 N–H and O–H groups in total. The molecule has 36 heavy (non-hydrogen) atoms. The van der Waals surface area contributed by atoms with Crippen LogP contribution in [0.3, 0.4) is 0 Å². The number of hydrogen-bond donors (Lipinski definition) is 2. The number of rotatable bonds is 8. The number of fused-ring (bicyclic) bond motifs is 1. The Hall–Kier alpha value is -3.21. The molecule has 2 aliphatic rings. The van der Waals surface area contributed by atoms with Gasteiger partial charge in [-0.05, 0) is 23.8 Å². The average Bonchev–Trinajstić information content (AvgIpc) is 3.49. The van der Waals surface area contributed by atoms with Crippen molar-refractivity contribution in [3.63, 3.8) is 0 Å². The zero-order valence-corrected chi connectivity index (χ0v) is 21.6. The first-order valence-electron chi connectivity index (χ1n) is 11.9. The predicted octanol–water partition coefficient (Wildman–Crippen LogP) is 3.26. The second kappa shape index (κ2) is 10.8. The number of nitrogens with zero attached hydrogens (tertiary/aromatic N) is 3. The van der Waals surface area contributed by atoms with Crippen molar-refractivity contribution in [1.82, 2.24) is 19.8 Å². The first kappa shape index (κ1) is 24.5. The fourth-order valence-corrected chi connectivity index (χ4v) is 5.87. The molecule has 0 spiro atoms. The van der Waals surface area contributed by atoms with E-state index in [0.29, 0.717) is 22.8 Å². The maximum Gasteiger partial charge on any atom is 0.255 e. The first-order chi connectivity index (χ1) is 17.6. The van der Waals surface area contributed by atoms with Crippen LogP contribution in [0.15, 0.2) is 47.8 Å². The monoisotopic (exact) mass is 509 g/mol. The van der Waals surface area contributed by atoms with Gasteiger partial charge < -0.3 is 29.4 Å². The van der Waals surface area contributed by atoms with Crippen molar-refractivity contribution in [3.8, 4) is 17.2 Å². The normalized spacial score (nSPS) is 17.5. The molecule has 2 aromatic carbocycles. The molecule has 1 saturated heterocycles. The molecular weight excluding hydrogens is 478 g/mol. The highest BCUT2D eigenvalue weighted by Crippen LogP contribution is 2.41. The average molecular weight is 510 g/mol. The van der Waals surface area contributed by atoms with Gasteiger partial charge in [-0.1, -0.05) is 30.0 Å². The number of carbonyl (C=O) groups is 1. The van der Waals surface area contributed by atoms with Crippen molar-refractivity contribution in [2.75, 3.05) is 58.6 Å². The van der Waals surface area contributed by atoms with Gasteiger partial charge in [0.25, 0.3) is 5.91 Å². The van der Waals surface area contributed by atoms with E-state index in [2.05, 4.69) is 32.4 Å². The number of anilines is 1. The Bertz CT molecular complexity index is 1220. The van der Waals surface area contributed by atoms with Gasteiger partial charge >= 0.3 is 0 Å². The Labute approximate surface area is 215 Å². The number of imidazole rings is 1. The summed E-state index contributed by atoms with van der Waals surface area (Å²) in [6.45, 7) is 4.96. The van der Waals surface area contributed by atoms with Crippen LogP contribution in [-0.4, -0.2) is 73.6 Å². The highest BCUT2D eigenvalue weighted by atomic mass is 32.2. The Balaban J connectivity index is 1.38. The molecule has 190 valence electrons. The molecule has 3 aromatic rings. The summed E-state index contributed by atoms with van der Waals surface area (Å²) in [5, 5.41) is 7.52. The Morgan fingerprint density at radius 1 is 1.11 bits per heavy atom. The van der Waals surface area contributed by atoms with Crippen molar-refractivity contribution in [2.45, 2.75) is 17.7 Å². The molecule has 0 saturated carbocycles. The van der Waals surface area contributed by atoms with E-state index in [1.165, 1.54) is 21.3 Å². The number of nitrogens with one attached hydrogen (secondary N) is 2. The maximum atomic E-state index is 13.3. The number of piperazine rings is 1. The zero-order chi connectivity index (χ0) is 25.1. The lowest BCUT2D eigenvalue weighted by Crippen LogP contribution is -2.42. The van der Waals surface area contributed by atoms with Crippen LogP contribution in [0.2, 0.25) is 0 Å². The molecule has 9 nitrogen and oxygen atoms in total. The minimum absolute atomic E-state index is 0.0886. The van der Waals surface area contributed by atoms with E-state index < -0.39 is 0 Å². The molecule has 0 bridgehead atoms. The van der Waals surface area contributed by atoms with Gasteiger partial charge in [-0.25, -0.2) is 4.98 Å². The lowest BCUT2D eigenvalue weighted by molar-refractivity contribution is 0.102. The number of amides is 1. The smallest absolute Gasteiger partial charge is 0.255 e. The van der Waals surface area contributed by atoms with Crippen molar-refractivity contribution in [3.05, 3.63) is 59.4 Å². The van der Waals surface area contributed by atoms with Gasteiger partial charge in [-0.15, -0.1) is 0 Å². The van der Waals surface area contributed by atoms with Gasteiger partial charge in [0.15, 0.2) is 16.7 Å². The summed E-state index contributed by atoms with van der Waals surface area (Å²) < 4.78 is 18.5. The zero-order valence-electron chi connectivity index (χ0n) is 20.7. The van der Waals surface area contributed by atoms with Crippen LogP contribution in [0.25, 0.3) is 0 Å². The Morgan fingerprint density at radius 2 is 1.83 bits per heavy atom. The standard InChI is InChI=1S/C26H31N5O4S/c1-33-22-12-17(13-23(34-2)24(22)35-3)25(32)29-20-7-5-4-6-19(20)21-16-36-26-28-18(15-31(21)26)14-30-10-8-27-9-11-30/h4-7,12-13,15,21,27H,8-11,14,16H2,1-3H3,(H,29,32). The predicted molar refractivity (Wildman–Crippen MR) is 140 cm³/mol. The van der Waals surface area contributed by atoms with Crippen molar-refractivity contribution >= 4 is 23.4 Å². The molecule has 0 aliphatic carbocycles. The van der Waals surface area contributed by atoms with Gasteiger partial charge in [-0.2, -0.15) is 0 Å². The Morgan fingerprint density at radius 3 is 2.53 bits per heavy atom. The molecule has 3 heterocycles. The van der Waals surface area contributed by atoms with E-state index in [0.717, 1.165) is 60.6 Å². The summed E-state index contributed by atoms with van der Waals surface area (Å²) in [5.41, 5.74) is 3.33. The van der Waals surface area contributed by atoms with Gasteiger partial charge in [0, 0.05) is 55.9 Å². The molecule has 1 fully saturated rings. The minimum atomic E-state index is -0.252. The molecular formula is C26H31N5O4S. The molecule has 1 aromatic heterocycles. The first-order valence-corrected chi connectivity index (χ1v) is 12.9. The molecule has 0 radical (unpaired) electrons. The Kier molecular flexibility index (Phi) is 7.35. The number of aromatic nitrogens is 2. The van der Waals surface area contributed by atoms with Gasteiger partial charge in [0.2, 0.25) is 5.75 Å². The van der Waals surface area contributed by atoms with Crippen molar-refractivity contribution in [1.29, 1.82) is 0 Å². The third kappa shape index (κ3) is 4.88. The number of para-hydroxylation sites is 1. The van der Waals surface area contributed by atoms with Crippen molar-refractivity contribution < 1.29 is 19.0 Å². The van der Waals surface area contributed by atoms with Crippen LogP contribution in [-0.2, 0) is 6.54 Å². The number of carbonyl (C=O) groups excluding carboxylic acids is 1. The highest BCUT2D eigenvalue weighted by molar-refractivity contribution is 7.99. The number of hydrogen-bond acceptors (Lipinski definition) is 8. The second-order valence-electron chi connectivity index (χ2n) is 8.73. The summed E-state index contributed by atoms with van der Waals surface area (Å²) in [6, 6.07) is 11.3. The van der Waals surface area contributed by atoms with Crippen LogP contribution >= 0.6 is 11.8 Å². The molecule has 1 atom stereocenters. The van der Waals surface area contributed by atoms with E-state index in [9.17, 15) is 4.79 Å². The third-order valence-electron chi connectivity index (χ3n) is 6.54. The second-order valence-corrected chi connectivity index (χ2v) is 9.72. The highest BCUT2D eigenvalue weighted by Gasteiger charge is 2.29. The van der Waals surface area contributed by atoms with Crippen LogP contribution in [0, 0.1) is 0 Å².